The number of carbonyl (C=O) groups excluding carboxylic acids is 1. The van der Waals surface area contributed by atoms with Gasteiger partial charge in [-0.3, -0.25) is 4.79 Å². The molecule has 1 amide bonds. The van der Waals surface area contributed by atoms with Crippen LogP contribution in [-0.2, 0) is 6.54 Å². The van der Waals surface area contributed by atoms with Gasteiger partial charge in [0.25, 0.3) is 5.91 Å². The molecule has 2 aromatic carbocycles. The number of rotatable bonds is 5. The van der Waals surface area contributed by atoms with Crippen LogP contribution in [0, 0.1) is 6.92 Å². The molecule has 3 aromatic rings. The van der Waals surface area contributed by atoms with Crippen LogP contribution in [0.15, 0.2) is 48.5 Å². The van der Waals surface area contributed by atoms with Gasteiger partial charge < -0.3 is 20.1 Å². The van der Waals surface area contributed by atoms with Gasteiger partial charge in [-0.2, -0.15) is 0 Å². The summed E-state index contributed by atoms with van der Waals surface area (Å²) in [5.41, 5.74) is 2.44. The van der Waals surface area contributed by atoms with Crippen molar-refractivity contribution in [2.75, 3.05) is 17.4 Å². The zero-order chi connectivity index (χ0) is 19.5. The molecule has 1 aliphatic heterocycles. The van der Waals surface area contributed by atoms with E-state index >= 15 is 0 Å². The van der Waals surface area contributed by atoms with Crippen molar-refractivity contribution in [3.63, 3.8) is 0 Å². The summed E-state index contributed by atoms with van der Waals surface area (Å²) in [5.74, 6) is 1.27. The van der Waals surface area contributed by atoms with Gasteiger partial charge in [0, 0.05) is 29.0 Å². The highest BCUT2D eigenvalue weighted by Crippen LogP contribution is 2.34. The van der Waals surface area contributed by atoms with Gasteiger partial charge in [-0.05, 0) is 36.8 Å². The van der Waals surface area contributed by atoms with E-state index in [1.807, 2.05) is 24.3 Å². The van der Waals surface area contributed by atoms with Crippen LogP contribution in [0.25, 0.3) is 0 Å². The molecule has 7 nitrogen and oxygen atoms in total. The second-order valence-corrected chi connectivity index (χ2v) is 6.59. The number of aryl methyl sites for hydroxylation is 1. The van der Waals surface area contributed by atoms with Crippen molar-refractivity contribution >= 4 is 29.1 Å². The molecule has 0 saturated heterocycles. The predicted molar refractivity (Wildman–Crippen MR) is 106 cm³/mol. The second-order valence-electron chi connectivity index (χ2n) is 6.19. The van der Waals surface area contributed by atoms with E-state index in [0.717, 1.165) is 5.56 Å². The van der Waals surface area contributed by atoms with Gasteiger partial charge in [0.15, 0.2) is 11.5 Å². The molecule has 28 heavy (non-hydrogen) atoms. The number of fused-ring (bicyclic) bond motifs is 1. The zero-order valence-corrected chi connectivity index (χ0v) is 15.8. The van der Waals surface area contributed by atoms with Crippen molar-refractivity contribution in [3.05, 3.63) is 70.5 Å². The van der Waals surface area contributed by atoms with Crippen molar-refractivity contribution in [2.45, 2.75) is 13.5 Å². The Bertz CT molecular complexity index is 1040. The first-order valence-corrected chi connectivity index (χ1v) is 9.00. The first-order chi connectivity index (χ1) is 13.6. The molecule has 0 unspecified atom stereocenters. The van der Waals surface area contributed by atoms with E-state index in [1.54, 1.807) is 31.2 Å². The fourth-order valence-electron chi connectivity index (χ4n) is 2.75. The first-order valence-electron chi connectivity index (χ1n) is 8.62. The summed E-state index contributed by atoms with van der Waals surface area (Å²) in [6.45, 7) is 2.43. The average Bonchev–Trinajstić information content (AvgIpc) is 3.15. The highest BCUT2D eigenvalue weighted by atomic mass is 35.5. The van der Waals surface area contributed by atoms with E-state index in [1.165, 1.54) is 0 Å². The summed E-state index contributed by atoms with van der Waals surface area (Å²) in [6, 6.07) is 14.3. The van der Waals surface area contributed by atoms with Gasteiger partial charge >= 0.3 is 0 Å². The van der Waals surface area contributed by atoms with Crippen LogP contribution in [0.3, 0.4) is 0 Å². The normalized spacial score (nSPS) is 11.9. The van der Waals surface area contributed by atoms with E-state index in [2.05, 4.69) is 20.6 Å². The zero-order valence-electron chi connectivity index (χ0n) is 15.0. The molecule has 0 aliphatic carbocycles. The number of anilines is 2. The van der Waals surface area contributed by atoms with Crippen LogP contribution in [-0.4, -0.2) is 22.7 Å². The van der Waals surface area contributed by atoms with Crippen molar-refractivity contribution in [3.8, 4) is 11.5 Å². The van der Waals surface area contributed by atoms with Gasteiger partial charge in [0.2, 0.25) is 12.7 Å². The molecule has 0 fully saturated rings. The molecule has 0 saturated carbocycles. The molecule has 142 valence electrons. The summed E-state index contributed by atoms with van der Waals surface area (Å²) >= 11 is 6.17. The molecule has 8 heteroatoms. The summed E-state index contributed by atoms with van der Waals surface area (Å²) in [6.07, 6.45) is 0. The van der Waals surface area contributed by atoms with Gasteiger partial charge in [-0.15, -0.1) is 0 Å². The molecular formula is C20H17ClN4O3. The number of benzene rings is 2. The molecule has 0 spiro atoms. The number of amides is 1. The van der Waals surface area contributed by atoms with Crippen molar-refractivity contribution in [1.82, 2.24) is 9.97 Å². The molecule has 1 aromatic heterocycles. The van der Waals surface area contributed by atoms with Gasteiger partial charge in [-0.25, -0.2) is 9.97 Å². The lowest BCUT2D eigenvalue weighted by Gasteiger charge is -2.10. The Morgan fingerprint density at radius 1 is 1.11 bits per heavy atom. The number of halogens is 1. The maximum absolute atomic E-state index is 12.6. The number of hydrogen-bond donors (Lipinski definition) is 2. The maximum Gasteiger partial charge on any atom is 0.274 e. The number of hydrogen-bond acceptors (Lipinski definition) is 6. The van der Waals surface area contributed by atoms with Crippen LogP contribution >= 0.6 is 11.6 Å². The van der Waals surface area contributed by atoms with Crippen LogP contribution in [0.2, 0.25) is 5.02 Å². The third-order valence-corrected chi connectivity index (χ3v) is 4.48. The second kappa shape index (κ2) is 7.74. The lowest BCUT2D eigenvalue weighted by Crippen LogP contribution is -2.16. The SMILES string of the molecule is Cc1cc(C(=O)Nc2ccc3c(c2)OCO3)nc(NCc2ccccc2Cl)n1. The Morgan fingerprint density at radius 3 is 2.79 bits per heavy atom. The lowest BCUT2D eigenvalue weighted by atomic mass is 10.2. The van der Waals surface area contributed by atoms with E-state index in [4.69, 9.17) is 21.1 Å². The van der Waals surface area contributed by atoms with Crippen LogP contribution < -0.4 is 20.1 Å². The monoisotopic (exact) mass is 396 g/mol. The highest BCUT2D eigenvalue weighted by molar-refractivity contribution is 6.31. The van der Waals surface area contributed by atoms with Crippen molar-refractivity contribution < 1.29 is 14.3 Å². The Balaban J connectivity index is 1.48. The number of nitrogens with one attached hydrogen (secondary N) is 2. The number of nitrogens with zero attached hydrogens (tertiary/aromatic N) is 2. The Labute approximate surface area is 166 Å². The minimum absolute atomic E-state index is 0.179. The molecule has 0 atom stereocenters. The fraction of sp³-hybridized carbons (Fsp3) is 0.150. The summed E-state index contributed by atoms with van der Waals surface area (Å²) in [5, 5.41) is 6.58. The topological polar surface area (TPSA) is 85.4 Å². The highest BCUT2D eigenvalue weighted by Gasteiger charge is 2.16. The summed E-state index contributed by atoms with van der Waals surface area (Å²) < 4.78 is 10.6. The third-order valence-electron chi connectivity index (χ3n) is 4.11. The van der Waals surface area contributed by atoms with E-state index in [9.17, 15) is 4.79 Å². The first kappa shape index (κ1) is 18.1. The number of ether oxygens (including phenoxy) is 2. The Morgan fingerprint density at radius 2 is 1.93 bits per heavy atom. The Hall–Kier alpha value is -3.32. The molecule has 4 rings (SSSR count). The van der Waals surface area contributed by atoms with E-state index in [0.29, 0.717) is 40.4 Å². The quantitative estimate of drug-likeness (QED) is 0.677. The summed E-state index contributed by atoms with van der Waals surface area (Å²) in [7, 11) is 0. The average molecular weight is 397 g/mol. The molecule has 0 bridgehead atoms. The third kappa shape index (κ3) is 3.99. The summed E-state index contributed by atoms with van der Waals surface area (Å²) in [4.78, 5) is 21.3. The smallest absolute Gasteiger partial charge is 0.274 e. The Kier molecular flexibility index (Phi) is 4.99. The number of carbonyl (C=O) groups is 1. The van der Waals surface area contributed by atoms with Crippen molar-refractivity contribution in [1.29, 1.82) is 0 Å². The van der Waals surface area contributed by atoms with Crippen LogP contribution in [0.5, 0.6) is 11.5 Å². The molecular weight excluding hydrogens is 380 g/mol. The molecule has 0 radical (unpaired) electrons. The minimum atomic E-state index is -0.342. The number of aromatic nitrogens is 2. The largest absolute Gasteiger partial charge is 0.454 e. The van der Waals surface area contributed by atoms with Crippen LogP contribution in [0.4, 0.5) is 11.6 Å². The maximum atomic E-state index is 12.6. The van der Waals surface area contributed by atoms with Crippen molar-refractivity contribution in [2.24, 2.45) is 0 Å². The predicted octanol–water partition coefficient (Wildman–Crippen LogP) is 4.03. The van der Waals surface area contributed by atoms with Gasteiger partial charge in [0.1, 0.15) is 5.69 Å². The standard InChI is InChI=1S/C20H17ClN4O3/c1-12-8-16(19(26)24-14-6-7-17-18(9-14)28-11-27-17)25-20(23-12)22-10-13-4-2-3-5-15(13)21/h2-9H,10-11H2,1H3,(H,24,26)(H,22,23,25). The fourth-order valence-corrected chi connectivity index (χ4v) is 2.95. The molecule has 1 aliphatic rings. The van der Waals surface area contributed by atoms with E-state index < -0.39 is 0 Å². The molecule has 2 N–H and O–H groups in total. The van der Waals surface area contributed by atoms with Crippen LogP contribution in [0.1, 0.15) is 21.7 Å². The minimum Gasteiger partial charge on any atom is -0.454 e. The van der Waals surface area contributed by atoms with Gasteiger partial charge in [0.05, 0.1) is 0 Å². The lowest BCUT2D eigenvalue weighted by molar-refractivity contribution is 0.102. The molecule has 2 heterocycles. The van der Waals surface area contributed by atoms with Gasteiger partial charge in [-0.1, -0.05) is 29.8 Å². The van der Waals surface area contributed by atoms with E-state index in [-0.39, 0.29) is 18.4 Å².